The van der Waals surface area contributed by atoms with Gasteiger partial charge < -0.3 is 10.2 Å². The monoisotopic (exact) mass is 155 g/mol. The van der Waals surface area contributed by atoms with Gasteiger partial charge in [-0.2, -0.15) is 0 Å². The van der Waals surface area contributed by atoms with Crippen molar-refractivity contribution in [3.63, 3.8) is 0 Å². The summed E-state index contributed by atoms with van der Waals surface area (Å²) in [6.45, 7) is 0. The predicted octanol–water partition coefficient (Wildman–Crippen LogP) is -0.116. The lowest BCUT2D eigenvalue weighted by Gasteiger charge is -1.93. The van der Waals surface area contributed by atoms with Crippen molar-refractivity contribution in [2.45, 2.75) is 6.42 Å². The molecule has 0 spiro atoms. The zero-order valence-electron chi connectivity index (χ0n) is 5.44. The molecule has 5 nitrogen and oxygen atoms in total. The van der Waals surface area contributed by atoms with Crippen molar-refractivity contribution in [2.75, 3.05) is 0 Å². The van der Waals surface area contributed by atoms with Crippen LogP contribution in [0.2, 0.25) is 0 Å². The minimum absolute atomic E-state index is 0.0942. The first kappa shape index (κ1) is 7.46. The van der Waals surface area contributed by atoms with Crippen LogP contribution in [0, 0.1) is 0 Å². The Morgan fingerprint density at radius 2 is 2.00 bits per heavy atom. The predicted molar refractivity (Wildman–Crippen MR) is 35.4 cm³/mol. The maximum atomic E-state index is 10.3. The van der Waals surface area contributed by atoms with Gasteiger partial charge in [0.2, 0.25) is 0 Å². The largest absolute Gasteiger partial charge is 0.478 e. The van der Waals surface area contributed by atoms with Crippen molar-refractivity contribution >= 4 is 18.2 Å². The van der Waals surface area contributed by atoms with E-state index in [-0.39, 0.29) is 17.7 Å². The fraction of sp³-hybridized carbons (Fsp3) is 0.167. The zero-order chi connectivity index (χ0) is 8.43. The fourth-order valence-electron chi connectivity index (χ4n) is 0.776. The van der Waals surface area contributed by atoms with E-state index in [2.05, 4.69) is 4.99 Å². The van der Waals surface area contributed by atoms with E-state index in [1.54, 1.807) is 0 Å². The molecule has 0 aromatic carbocycles. The Hall–Kier alpha value is -1.65. The number of aliphatic carboxylic acids is 2. The number of nitrogens with zero attached hydrogens (tertiary/aromatic N) is 1. The van der Waals surface area contributed by atoms with E-state index < -0.39 is 11.9 Å². The van der Waals surface area contributed by atoms with E-state index >= 15 is 0 Å². The molecule has 1 aliphatic heterocycles. The first-order valence-corrected chi connectivity index (χ1v) is 2.85. The first-order valence-electron chi connectivity index (χ1n) is 2.85. The summed E-state index contributed by atoms with van der Waals surface area (Å²) in [6, 6.07) is 0. The molecule has 0 bridgehead atoms. The molecule has 58 valence electrons. The molecule has 2 N–H and O–H groups in total. The summed E-state index contributed by atoms with van der Waals surface area (Å²) >= 11 is 0. The van der Waals surface area contributed by atoms with E-state index in [1.165, 1.54) is 6.21 Å². The molecule has 0 atom stereocenters. The number of aliphatic imine (C=N–C) groups is 1. The van der Waals surface area contributed by atoms with Gasteiger partial charge in [0, 0.05) is 12.6 Å². The van der Waals surface area contributed by atoms with Crippen molar-refractivity contribution < 1.29 is 19.8 Å². The molecule has 0 unspecified atom stereocenters. The molecular formula is C6H5NO4. The number of rotatable bonds is 2. The van der Waals surface area contributed by atoms with Crippen LogP contribution in [-0.2, 0) is 9.59 Å². The van der Waals surface area contributed by atoms with Gasteiger partial charge in [0.15, 0.2) is 5.70 Å². The number of carboxylic acid groups (broad SMARTS) is 2. The minimum Gasteiger partial charge on any atom is -0.478 e. The van der Waals surface area contributed by atoms with Crippen LogP contribution in [0.5, 0.6) is 0 Å². The number of hydrogen-bond donors (Lipinski definition) is 2. The second kappa shape index (κ2) is 2.53. The summed E-state index contributed by atoms with van der Waals surface area (Å²) in [7, 11) is 0. The van der Waals surface area contributed by atoms with Gasteiger partial charge in [0.05, 0.1) is 5.57 Å². The van der Waals surface area contributed by atoms with Crippen molar-refractivity contribution in [3.05, 3.63) is 11.3 Å². The Labute approximate surface area is 61.7 Å². The lowest BCUT2D eigenvalue weighted by atomic mass is 10.2. The second-order valence-corrected chi connectivity index (χ2v) is 1.95. The zero-order valence-corrected chi connectivity index (χ0v) is 5.44. The Morgan fingerprint density at radius 1 is 1.36 bits per heavy atom. The molecule has 0 fully saturated rings. The molecule has 0 amide bonds. The summed E-state index contributed by atoms with van der Waals surface area (Å²) in [5.74, 6) is -2.52. The summed E-state index contributed by atoms with van der Waals surface area (Å²) < 4.78 is 0. The molecule has 0 aliphatic carbocycles. The van der Waals surface area contributed by atoms with Crippen molar-refractivity contribution in [2.24, 2.45) is 4.99 Å². The average molecular weight is 155 g/mol. The highest BCUT2D eigenvalue weighted by Gasteiger charge is 2.22. The Balaban J connectivity index is 3.02. The van der Waals surface area contributed by atoms with Crippen LogP contribution in [0.1, 0.15) is 6.42 Å². The lowest BCUT2D eigenvalue weighted by molar-refractivity contribution is -0.135. The van der Waals surface area contributed by atoms with Gasteiger partial charge in [0.25, 0.3) is 0 Å². The van der Waals surface area contributed by atoms with E-state index in [9.17, 15) is 9.59 Å². The number of carbonyl (C=O) groups is 2. The van der Waals surface area contributed by atoms with Crippen LogP contribution >= 0.6 is 0 Å². The van der Waals surface area contributed by atoms with Crippen LogP contribution in [-0.4, -0.2) is 28.4 Å². The number of carboxylic acids is 2. The fourth-order valence-corrected chi connectivity index (χ4v) is 0.776. The molecule has 0 saturated carbocycles. The van der Waals surface area contributed by atoms with Crippen LogP contribution < -0.4 is 0 Å². The summed E-state index contributed by atoms with van der Waals surface area (Å²) in [5.41, 5.74) is -0.519. The van der Waals surface area contributed by atoms with E-state index in [4.69, 9.17) is 10.2 Å². The van der Waals surface area contributed by atoms with Crippen molar-refractivity contribution in [1.82, 2.24) is 0 Å². The molecule has 1 rings (SSSR count). The quantitative estimate of drug-likeness (QED) is 0.582. The molecule has 0 saturated heterocycles. The van der Waals surface area contributed by atoms with Crippen molar-refractivity contribution in [1.29, 1.82) is 0 Å². The third kappa shape index (κ3) is 1.26. The topological polar surface area (TPSA) is 87.0 Å². The highest BCUT2D eigenvalue weighted by molar-refractivity contribution is 6.03. The Kier molecular flexibility index (Phi) is 1.72. The normalized spacial score (nSPS) is 15.6. The molecule has 1 heterocycles. The Bertz CT molecular complexity index is 276. The van der Waals surface area contributed by atoms with E-state index in [0.717, 1.165) is 0 Å². The number of hydrogen-bond acceptors (Lipinski definition) is 3. The average Bonchev–Trinajstić information content (AvgIpc) is 2.32. The van der Waals surface area contributed by atoms with E-state index in [1.807, 2.05) is 0 Å². The van der Waals surface area contributed by atoms with Crippen LogP contribution in [0.15, 0.2) is 16.3 Å². The van der Waals surface area contributed by atoms with Crippen molar-refractivity contribution in [3.8, 4) is 0 Å². The smallest absolute Gasteiger partial charge is 0.355 e. The third-order valence-electron chi connectivity index (χ3n) is 1.26. The molecule has 0 radical (unpaired) electrons. The van der Waals surface area contributed by atoms with Crippen LogP contribution in [0.4, 0.5) is 0 Å². The summed E-state index contributed by atoms with van der Waals surface area (Å²) in [5, 5.41) is 16.8. The second-order valence-electron chi connectivity index (χ2n) is 1.95. The van der Waals surface area contributed by atoms with E-state index in [0.29, 0.717) is 0 Å². The lowest BCUT2D eigenvalue weighted by Crippen LogP contribution is -2.06. The first-order chi connectivity index (χ1) is 5.13. The molecular weight excluding hydrogens is 150 g/mol. The minimum atomic E-state index is -1.30. The van der Waals surface area contributed by atoms with Gasteiger partial charge in [-0.15, -0.1) is 0 Å². The third-order valence-corrected chi connectivity index (χ3v) is 1.26. The Morgan fingerprint density at radius 3 is 2.36 bits per heavy atom. The van der Waals surface area contributed by atoms with Crippen LogP contribution in [0.25, 0.3) is 0 Å². The molecule has 11 heavy (non-hydrogen) atoms. The van der Waals surface area contributed by atoms with Gasteiger partial charge in [-0.05, 0) is 0 Å². The van der Waals surface area contributed by atoms with Crippen LogP contribution in [0.3, 0.4) is 0 Å². The standard InChI is InChI=1S/C6H5NO4/c8-5(9)3-1-2-7-4(3)6(10)11/h2H,1H2,(H,8,9)(H,10,11). The highest BCUT2D eigenvalue weighted by Crippen LogP contribution is 2.15. The molecule has 5 heteroatoms. The summed E-state index contributed by atoms with van der Waals surface area (Å²) in [4.78, 5) is 24.0. The van der Waals surface area contributed by atoms with Gasteiger partial charge in [0.1, 0.15) is 0 Å². The van der Waals surface area contributed by atoms with Gasteiger partial charge >= 0.3 is 11.9 Å². The maximum absolute atomic E-state index is 10.3. The molecule has 0 aromatic rings. The molecule has 1 aliphatic rings. The maximum Gasteiger partial charge on any atom is 0.355 e. The SMILES string of the molecule is O=C(O)C1=C(C(=O)O)N=CC1. The van der Waals surface area contributed by atoms with Gasteiger partial charge in [-0.3, -0.25) is 4.99 Å². The van der Waals surface area contributed by atoms with Gasteiger partial charge in [-0.1, -0.05) is 0 Å². The van der Waals surface area contributed by atoms with Gasteiger partial charge in [-0.25, -0.2) is 9.59 Å². The summed E-state index contributed by atoms with van der Waals surface area (Å²) in [6.07, 6.45) is 1.36. The highest BCUT2D eigenvalue weighted by atomic mass is 16.4. The molecule has 0 aromatic heterocycles.